The highest BCUT2D eigenvalue weighted by atomic mass is 32.2. The van der Waals surface area contributed by atoms with E-state index < -0.39 is 10.0 Å². The highest BCUT2D eigenvalue weighted by molar-refractivity contribution is 7.89. The fourth-order valence-corrected chi connectivity index (χ4v) is 2.07. The number of benzene rings is 1. The number of nitrogens with two attached hydrogens (primary N) is 1. The molecule has 17 heavy (non-hydrogen) atoms. The lowest BCUT2D eigenvalue weighted by atomic mass is 10.1. The van der Waals surface area contributed by atoms with Gasteiger partial charge < -0.3 is 4.57 Å². The maximum atomic E-state index is 11.1. The van der Waals surface area contributed by atoms with Gasteiger partial charge in [0.2, 0.25) is 0 Å². The number of sulfonamides is 1. The van der Waals surface area contributed by atoms with Gasteiger partial charge in [0.25, 0.3) is 10.0 Å². The van der Waals surface area contributed by atoms with Crippen molar-refractivity contribution in [3.63, 3.8) is 0 Å². The lowest BCUT2D eigenvalue weighted by Gasteiger charge is -2.02. The van der Waals surface area contributed by atoms with Gasteiger partial charge in [-0.3, -0.25) is 0 Å². The Bertz CT molecular complexity index is 632. The molecule has 1 aromatic carbocycles. The summed E-state index contributed by atoms with van der Waals surface area (Å²) in [5, 5.41) is 4.88. The molecule has 0 bridgehead atoms. The third kappa shape index (κ3) is 2.92. The first-order chi connectivity index (χ1) is 7.95. The van der Waals surface area contributed by atoms with Gasteiger partial charge in [-0.15, -0.1) is 0 Å². The van der Waals surface area contributed by atoms with Crippen molar-refractivity contribution in [2.45, 2.75) is 18.5 Å². The first-order valence-electron chi connectivity index (χ1n) is 5.05. The molecule has 2 N–H and O–H groups in total. The number of rotatable bonds is 3. The van der Waals surface area contributed by atoms with Crippen molar-refractivity contribution in [3.05, 3.63) is 47.9 Å². The maximum absolute atomic E-state index is 11.1. The molecule has 0 saturated carbocycles. The summed E-state index contributed by atoms with van der Waals surface area (Å²) in [4.78, 5) is 3.76. The molecule has 0 spiro atoms. The van der Waals surface area contributed by atoms with E-state index in [1.165, 1.54) is 12.5 Å². The van der Waals surface area contributed by atoms with Gasteiger partial charge in [0.1, 0.15) is 0 Å². The second-order valence-electron chi connectivity index (χ2n) is 3.92. The van der Waals surface area contributed by atoms with Crippen molar-refractivity contribution in [2.75, 3.05) is 0 Å². The molecule has 1 aromatic heterocycles. The standard InChI is InChI=1S/C11H13N3O2S/c1-9-3-2-4-10(5-9)6-14-7-11(13-8-14)17(12,15)16/h2-5,7-8H,6H2,1H3,(H2,12,15,16). The second-order valence-corrected chi connectivity index (χ2v) is 5.43. The predicted octanol–water partition coefficient (Wildman–Crippen LogP) is 0.887. The van der Waals surface area contributed by atoms with Gasteiger partial charge in [0.15, 0.2) is 5.03 Å². The Morgan fingerprint density at radius 2 is 2.18 bits per heavy atom. The molecule has 0 saturated heterocycles. The van der Waals surface area contributed by atoms with E-state index >= 15 is 0 Å². The van der Waals surface area contributed by atoms with E-state index in [1.54, 1.807) is 4.57 Å². The van der Waals surface area contributed by atoms with E-state index in [0.717, 1.165) is 11.1 Å². The van der Waals surface area contributed by atoms with Gasteiger partial charge in [0.05, 0.1) is 6.33 Å². The van der Waals surface area contributed by atoms with Crippen LogP contribution in [0, 0.1) is 6.92 Å². The van der Waals surface area contributed by atoms with Crippen LogP contribution < -0.4 is 5.14 Å². The molecule has 2 aromatic rings. The molecule has 0 radical (unpaired) electrons. The number of nitrogens with zero attached hydrogens (tertiary/aromatic N) is 2. The summed E-state index contributed by atoms with van der Waals surface area (Å²) in [6, 6.07) is 7.98. The predicted molar refractivity (Wildman–Crippen MR) is 63.9 cm³/mol. The van der Waals surface area contributed by atoms with E-state index in [9.17, 15) is 8.42 Å². The maximum Gasteiger partial charge on any atom is 0.257 e. The van der Waals surface area contributed by atoms with Crippen LogP contribution in [0.4, 0.5) is 0 Å². The summed E-state index contributed by atoms with van der Waals surface area (Å²) in [6.07, 6.45) is 2.89. The zero-order valence-corrected chi connectivity index (χ0v) is 10.2. The molecule has 6 heteroatoms. The van der Waals surface area contributed by atoms with Crippen molar-refractivity contribution in [1.29, 1.82) is 0 Å². The van der Waals surface area contributed by atoms with E-state index in [1.807, 2.05) is 31.2 Å². The molecular formula is C11H13N3O2S. The minimum Gasteiger partial charge on any atom is -0.332 e. The van der Waals surface area contributed by atoms with Gasteiger partial charge in [-0.1, -0.05) is 29.8 Å². The Labute approximate surface area is 100.0 Å². The SMILES string of the molecule is Cc1cccc(Cn2cnc(S(N)(=O)=O)c2)c1. The zero-order valence-electron chi connectivity index (χ0n) is 9.37. The van der Waals surface area contributed by atoms with Crippen LogP contribution in [0.3, 0.4) is 0 Å². The van der Waals surface area contributed by atoms with Crippen LogP contribution in [0.15, 0.2) is 41.8 Å². The summed E-state index contributed by atoms with van der Waals surface area (Å²) in [6.45, 7) is 2.58. The van der Waals surface area contributed by atoms with Crippen LogP contribution in [0.1, 0.15) is 11.1 Å². The average Bonchev–Trinajstić information content (AvgIpc) is 2.65. The third-order valence-electron chi connectivity index (χ3n) is 2.35. The normalized spacial score (nSPS) is 11.6. The summed E-state index contributed by atoms with van der Waals surface area (Å²) in [7, 11) is -3.71. The molecule has 0 fully saturated rings. The molecule has 0 amide bonds. The monoisotopic (exact) mass is 251 g/mol. The van der Waals surface area contributed by atoms with Crippen LogP contribution in [0.2, 0.25) is 0 Å². The van der Waals surface area contributed by atoms with E-state index in [0.29, 0.717) is 6.54 Å². The Balaban J connectivity index is 2.23. The van der Waals surface area contributed by atoms with E-state index in [2.05, 4.69) is 4.98 Å². The highest BCUT2D eigenvalue weighted by Gasteiger charge is 2.11. The first-order valence-corrected chi connectivity index (χ1v) is 6.60. The number of imidazole rings is 1. The molecule has 0 aliphatic carbocycles. The van der Waals surface area contributed by atoms with Gasteiger partial charge in [-0.05, 0) is 12.5 Å². The van der Waals surface area contributed by atoms with E-state index in [4.69, 9.17) is 5.14 Å². The van der Waals surface area contributed by atoms with Gasteiger partial charge in [0, 0.05) is 12.7 Å². The van der Waals surface area contributed by atoms with Crippen LogP contribution in [0.25, 0.3) is 0 Å². The molecule has 90 valence electrons. The molecular weight excluding hydrogens is 238 g/mol. The molecule has 5 nitrogen and oxygen atoms in total. The van der Waals surface area contributed by atoms with Crippen LogP contribution in [-0.4, -0.2) is 18.0 Å². The van der Waals surface area contributed by atoms with Crippen LogP contribution in [-0.2, 0) is 16.6 Å². The van der Waals surface area contributed by atoms with Crippen molar-refractivity contribution < 1.29 is 8.42 Å². The number of hydrogen-bond donors (Lipinski definition) is 1. The van der Waals surface area contributed by atoms with Gasteiger partial charge in [-0.25, -0.2) is 18.5 Å². The summed E-state index contributed by atoms with van der Waals surface area (Å²) >= 11 is 0. The van der Waals surface area contributed by atoms with Crippen LogP contribution in [0.5, 0.6) is 0 Å². The van der Waals surface area contributed by atoms with Gasteiger partial charge >= 0.3 is 0 Å². The second kappa shape index (κ2) is 4.31. The highest BCUT2D eigenvalue weighted by Crippen LogP contribution is 2.08. The molecule has 1 heterocycles. The fourth-order valence-electron chi connectivity index (χ4n) is 1.59. The number of aryl methyl sites for hydroxylation is 1. The summed E-state index contributed by atoms with van der Waals surface area (Å²) in [5.74, 6) is 0. The van der Waals surface area contributed by atoms with Gasteiger partial charge in [-0.2, -0.15) is 0 Å². The van der Waals surface area contributed by atoms with Crippen molar-refractivity contribution in [2.24, 2.45) is 5.14 Å². The molecule has 0 aliphatic rings. The number of primary sulfonamides is 1. The Kier molecular flexibility index (Phi) is 2.99. The Morgan fingerprint density at radius 3 is 2.76 bits per heavy atom. The largest absolute Gasteiger partial charge is 0.332 e. The smallest absolute Gasteiger partial charge is 0.257 e. The lowest BCUT2D eigenvalue weighted by Crippen LogP contribution is -2.12. The van der Waals surface area contributed by atoms with Crippen molar-refractivity contribution in [3.8, 4) is 0 Å². The Hall–Kier alpha value is -1.66. The third-order valence-corrected chi connectivity index (χ3v) is 3.14. The summed E-state index contributed by atoms with van der Waals surface area (Å²) in [5.41, 5.74) is 2.25. The molecule has 0 atom stereocenters. The molecule has 0 aliphatic heterocycles. The topological polar surface area (TPSA) is 78.0 Å². The minimum absolute atomic E-state index is 0.106. The number of hydrogen-bond acceptors (Lipinski definition) is 3. The van der Waals surface area contributed by atoms with Crippen molar-refractivity contribution in [1.82, 2.24) is 9.55 Å². The van der Waals surface area contributed by atoms with Crippen LogP contribution >= 0.6 is 0 Å². The average molecular weight is 251 g/mol. The first kappa shape index (κ1) is 11.8. The van der Waals surface area contributed by atoms with Crippen molar-refractivity contribution >= 4 is 10.0 Å². The van der Waals surface area contributed by atoms with E-state index in [-0.39, 0.29) is 5.03 Å². The quantitative estimate of drug-likeness (QED) is 0.879. The zero-order chi connectivity index (χ0) is 12.5. The fraction of sp³-hybridized carbons (Fsp3) is 0.182. The molecule has 2 rings (SSSR count). The number of aromatic nitrogens is 2. The lowest BCUT2D eigenvalue weighted by molar-refractivity contribution is 0.594. The Morgan fingerprint density at radius 1 is 1.41 bits per heavy atom. The molecule has 0 unspecified atom stereocenters. The minimum atomic E-state index is -3.71. The summed E-state index contributed by atoms with van der Waals surface area (Å²) < 4.78 is 23.8.